The van der Waals surface area contributed by atoms with Crippen molar-refractivity contribution in [3.05, 3.63) is 59.1 Å². The fourth-order valence-corrected chi connectivity index (χ4v) is 2.30. The molecule has 1 atom stereocenters. The maximum atomic E-state index is 10.7. The molecule has 4 heteroatoms. The fraction of sp³-hybridized carbons (Fsp3) is 0.353. The Morgan fingerprint density at radius 3 is 2.62 bits per heavy atom. The summed E-state index contributed by atoms with van der Waals surface area (Å²) < 4.78 is 16.8. The van der Waals surface area contributed by atoms with Gasteiger partial charge >= 0.3 is 0 Å². The van der Waals surface area contributed by atoms with Gasteiger partial charge in [-0.2, -0.15) is 0 Å². The van der Waals surface area contributed by atoms with E-state index >= 15 is 0 Å². The smallest absolute Gasteiger partial charge is 0.167 e. The molecule has 1 unspecified atom stereocenters. The number of hydrogen-bond acceptors (Lipinski definition) is 4. The third kappa shape index (κ3) is 3.95. The fourth-order valence-electron chi connectivity index (χ4n) is 2.30. The van der Waals surface area contributed by atoms with Crippen molar-refractivity contribution in [3.8, 4) is 0 Å². The highest BCUT2D eigenvalue weighted by atomic mass is 16.5. The summed E-state index contributed by atoms with van der Waals surface area (Å²) in [7, 11) is 3.22. The zero-order valence-corrected chi connectivity index (χ0v) is 12.4. The zero-order chi connectivity index (χ0) is 15.1. The standard InChI is InChI=1S/C17H20O4/c1-19-15-10-14(8-9-18)11-16(20-2)17(15)21-12-13-6-4-3-5-7-13/h3-7,9-10,16H,8,11-12H2,1-2H3. The Morgan fingerprint density at radius 1 is 1.24 bits per heavy atom. The average molecular weight is 288 g/mol. The van der Waals surface area contributed by atoms with Crippen molar-refractivity contribution in [1.82, 2.24) is 0 Å². The highest BCUT2D eigenvalue weighted by Crippen LogP contribution is 2.29. The van der Waals surface area contributed by atoms with Gasteiger partial charge in [-0.1, -0.05) is 35.9 Å². The van der Waals surface area contributed by atoms with Gasteiger partial charge in [0.05, 0.1) is 7.11 Å². The second-order valence-electron chi connectivity index (χ2n) is 4.81. The molecule has 1 aromatic carbocycles. The van der Waals surface area contributed by atoms with E-state index in [1.165, 1.54) is 0 Å². The van der Waals surface area contributed by atoms with Crippen LogP contribution in [0.25, 0.3) is 0 Å². The molecule has 2 rings (SSSR count). The van der Waals surface area contributed by atoms with Gasteiger partial charge in [-0.3, -0.25) is 0 Å². The molecule has 0 saturated heterocycles. The highest BCUT2D eigenvalue weighted by molar-refractivity contribution is 5.55. The van der Waals surface area contributed by atoms with Crippen LogP contribution in [0.2, 0.25) is 0 Å². The van der Waals surface area contributed by atoms with Crippen molar-refractivity contribution < 1.29 is 19.0 Å². The maximum Gasteiger partial charge on any atom is 0.167 e. The van der Waals surface area contributed by atoms with Gasteiger partial charge in [-0.05, 0) is 11.6 Å². The average Bonchev–Trinajstić information content (AvgIpc) is 2.54. The monoisotopic (exact) mass is 288 g/mol. The summed E-state index contributed by atoms with van der Waals surface area (Å²) in [6.45, 7) is 0.458. The van der Waals surface area contributed by atoms with Crippen molar-refractivity contribution in [2.75, 3.05) is 14.2 Å². The third-order valence-electron chi connectivity index (χ3n) is 3.41. The van der Waals surface area contributed by atoms with Crippen molar-refractivity contribution >= 4 is 6.29 Å². The Bertz CT molecular complexity index is 531. The van der Waals surface area contributed by atoms with E-state index in [2.05, 4.69) is 0 Å². The van der Waals surface area contributed by atoms with Crippen molar-refractivity contribution in [1.29, 1.82) is 0 Å². The van der Waals surface area contributed by atoms with Gasteiger partial charge in [0.1, 0.15) is 19.0 Å². The molecule has 1 aromatic rings. The zero-order valence-electron chi connectivity index (χ0n) is 12.4. The van der Waals surface area contributed by atoms with Gasteiger partial charge < -0.3 is 19.0 Å². The summed E-state index contributed by atoms with van der Waals surface area (Å²) in [5.74, 6) is 1.30. The van der Waals surface area contributed by atoms with Crippen molar-refractivity contribution in [3.63, 3.8) is 0 Å². The second kappa shape index (κ2) is 7.64. The molecule has 0 spiro atoms. The number of rotatable bonds is 7. The number of allylic oxidation sites excluding steroid dienone is 1. The number of aldehydes is 1. The first-order chi connectivity index (χ1) is 10.3. The minimum atomic E-state index is -0.219. The van der Waals surface area contributed by atoms with Gasteiger partial charge in [-0.15, -0.1) is 0 Å². The van der Waals surface area contributed by atoms with Crippen molar-refractivity contribution in [2.45, 2.75) is 25.6 Å². The number of carbonyl (C=O) groups is 1. The SMILES string of the molecule is COC1=C(OCc2ccccc2)C(OC)CC(CC=O)=C1. The van der Waals surface area contributed by atoms with Crippen LogP contribution in [-0.2, 0) is 25.6 Å². The number of ether oxygens (including phenoxy) is 3. The minimum Gasteiger partial charge on any atom is -0.493 e. The molecule has 1 aliphatic rings. The van der Waals surface area contributed by atoms with E-state index in [0.29, 0.717) is 31.0 Å². The first kappa shape index (κ1) is 15.3. The molecule has 0 saturated carbocycles. The summed E-state index contributed by atoms with van der Waals surface area (Å²) >= 11 is 0. The maximum absolute atomic E-state index is 10.7. The molecule has 112 valence electrons. The van der Waals surface area contributed by atoms with Gasteiger partial charge in [-0.25, -0.2) is 0 Å². The molecule has 0 radical (unpaired) electrons. The van der Waals surface area contributed by atoms with Crippen LogP contribution in [-0.4, -0.2) is 26.6 Å². The van der Waals surface area contributed by atoms with E-state index < -0.39 is 0 Å². The summed E-state index contributed by atoms with van der Waals surface area (Å²) in [5.41, 5.74) is 2.07. The topological polar surface area (TPSA) is 44.8 Å². The molecular weight excluding hydrogens is 268 g/mol. The first-order valence-corrected chi connectivity index (χ1v) is 6.89. The lowest BCUT2D eigenvalue weighted by Crippen LogP contribution is -2.22. The van der Waals surface area contributed by atoms with E-state index in [4.69, 9.17) is 14.2 Å². The van der Waals surface area contributed by atoms with Crippen LogP contribution in [0, 0.1) is 0 Å². The largest absolute Gasteiger partial charge is 0.493 e. The summed E-state index contributed by atoms with van der Waals surface area (Å²) in [4.78, 5) is 10.7. The van der Waals surface area contributed by atoms with E-state index in [1.807, 2.05) is 36.4 Å². The van der Waals surface area contributed by atoms with Crippen LogP contribution in [0.4, 0.5) is 0 Å². The molecule has 0 aliphatic heterocycles. The van der Waals surface area contributed by atoms with Crippen LogP contribution in [0.1, 0.15) is 18.4 Å². The number of benzene rings is 1. The summed E-state index contributed by atoms with van der Waals surface area (Å²) in [6.07, 6.45) is 3.57. The lowest BCUT2D eigenvalue weighted by Gasteiger charge is -2.26. The van der Waals surface area contributed by atoms with E-state index in [1.54, 1.807) is 14.2 Å². The molecule has 21 heavy (non-hydrogen) atoms. The van der Waals surface area contributed by atoms with E-state index in [9.17, 15) is 4.79 Å². The van der Waals surface area contributed by atoms with Crippen molar-refractivity contribution in [2.24, 2.45) is 0 Å². The molecule has 0 amide bonds. The molecule has 4 nitrogen and oxygen atoms in total. The molecule has 0 fully saturated rings. The molecule has 0 bridgehead atoms. The third-order valence-corrected chi connectivity index (χ3v) is 3.41. The van der Waals surface area contributed by atoms with Crippen LogP contribution >= 0.6 is 0 Å². The number of methoxy groups -OCH3 is 2. The van der Waals surface area contributed by atoms with E-state index in [0.717, 1.165) is 17.4 Å². The lowest BCUT2D eigenvalue weighted by atomic mass is 9.97. The first-order valence-electron chi connectivity index (χ1n) is 6.89. The normalized spacial score (nSPS) is 18.2. The predicted molar refractivity (Wildman–Crippen MR) is 79.4 cm³/mol. The Morgan fingerprint density at radius 2 is 2.00 bits per heavy atom. The quantitative estimate of drug-likeness (QED) is 0.724. The molecule has 0 aromatic heterocycles. The molecule has 0 N–H and O–H groups in total. The minimum absolute atomic E-state index is 0.219. The lowest BCUT2D eigenvalue weighted by molar-refractivity contribution is -0.107. The van der Waals surface area contributed by atoms with Gasteiger partial charge in [0, 0.05) is 20.0 Å². The van der Waals surface area contributed by atoms with Crippen LogP contribution in [0.15, 0.2) is 53.5 Å². The Kier molecular flexibility index (Phi) is 5.58. The predicted octanol–water partition coefficient (Wildman–Crippen LogP) is 3.00. The summed E-state index contributed by atoms with van der Waals surface area (Å²) in [5, 5.41) is 0. The van der Waals surface area contributed by atoms with Gasteiger partial charge in [0.15, 0.2) is 11.5 Å². The summed E-state index contributed by atoms with van der Waals surface area (Å²) in [6, 6.07) is 9.93. The van der Waals surface area contributed by atoms with Crippen LogP contribution in [0.3, 0.4) is 0 Å². The number of carbonyl (C=O) groups excluding carboxylic acids is 1. The van der Waals surface area contributed by atoms with Gasteiger partial charge in [0.2, 0.25) is 0 Å². The van der Waals surface area contributed by atoms with E-state index in [-0.39, 0.29) is 6.10 Å². The Labute approximate surface area is 125 Å². The van der Waals surface area contributed by atoms with Gasteiger partial charge in [0.25, 0.3) is 0 Å². The number of hydrogen-bond donors (Lipinski definition) is 0. The molecule has 1 aliphatic carbocycles. The van der Waals surface area contributed by atoms with Crippen LogP contribution < -0.4 is 0 Å². The molecule has 0 heterocycles. The Balaban J connectivity index is 2.17. The van der Waals surface area contributed by atoms with Crippen LogP contribution in [0.5, 0.6) is 0 Å². The Hall–Kier alpha value is -2.07. The highest BCUT2D eigenvalue weighted by Gasteiger charge is 2.26. The molecular formula is C17H20O4. The second-order valence-corrected chi connectivity index (χ2v) is 4.81.